The van der Waals surface area contributed by atoms with Crippen LogP contribution in [0.3, 0.4) is 0 Å². The number of esters is 1. The molecule has 5 aliphatic rings. The van der Waals surface area contributed by atoms with Crippen LogP contribution in [-0.2, 0) is 14.3 Å². The van der Waals surface area contributed by atoms with E-state index in [-0.39, 0.29) is 29.5 Å². The molecular formula is C28H38O4. The van der Waals surface area contributed by atoms with E-state index in [1.807, 2.05) is 19.1 Å². The maximum atomic E-state index is 13.1. The molecule has 2 fully saturated rings. The molecule has 0 aromatic carbocycles. The molecule has 0 saturated heterocycles. The number of ketones is 1. The number of fused-ring (bicyclic) bond motifs is 5. The van der Waals surface area contributed by atoms with Gasteiger partial charge in [0.05, 0.1) is 17.6 Å². The number of rotatable bonds is 3. The minimum Gasteiger partial charge on any atom is -0.458 e. The quantitative estimate of drug-likeness (QED) is 0.488. The van der Waals surface area contributed by atoms with Gasteiger partial charge in [-0.3, -0.25) is 4.79 Å². The molecule has 1 N–H and O–H groups in total. The Morgan fingerprint density at radius 2 is 1.97 bits per heavy atom. The lowest BCUT2D eigenvalue weighted by molar-refractivity contribution is -0.152. The first-order chi connectivity index (χ1) is 15.2. The molecule has 4 nitrogen and oxygen atoms in total. The van der Waals surface area contributed by atoms with Gasteiger partial charge >= 0.3 is 5.97 Å². The summed E-state index contributed by atoms with van der Waals surface area (Å²) in [5, 5.41) is 9.50. The third-order valence-electron chi connectivity index (χ3n) is 10.6. The highest BCUT2D eigenvalue weighted by Gasteiger charge is 2.60. The third-order valence-corrected chi connectivity index (χ3v) is 10.6. The molecule has 0 unspecified atom stereocenters. The molecule has 0 aromatic heterocycles. The third kappa shape index (κ3) is 2.97. The van der Waals surface area contributed by atoms with Gasteiger partial charge in [0.25, 0.3) is 0 Å². The van der Waals surface area contributed by atoms with Gasteiger partial charge in [0.2, 0.25) is 0 Å². The fraction of sp³-hybridized carbons (Fsp3) is 0.714. The average molecular weight is 439 g/mol. The smallest absolute Gasteiger partial charge is 0.336 e. The Hall–Kier alpha value is -1.68. The van der Waals surface area contributed by atoms with Crippen molar-refractivity contribution in [3.05, 3.63) is 34.9 Å². The Kier molecular flexibility index (Phi) is 5.31. The van der Waals surface area contributed by atoms with Crippen LogP contribution in [0.25, 0.3) is 0 Å². The van der Waals surface area contributed by atoms with Crippen molar-refractivity contribution in [2.24, 2.45) is 40.4 Å². The number of carbonyl (C=O) groups excluding carboxylic acids is 2. The molecule has 0 spiro atoms. The van der Waals surface area contributed by atoms with Crippen molar-refractivity contribution in [3.8, 4) is 0 Å². The number of aliphatic hydroxyl groups excluding tert-OH is 1. The van der Waals surface area contributed by atoms with Crippen molar-refractivity contribution in [2.75, 3.05) is 6.61 Å². The lowest BCUT2D eigenvalue weighted by Crippen LogP contribution is -2.52. The second kappa shape index (κ2) is 7.68. The highest BCUT2D eigenvalue weighted by molar-refractivity contribution is 5.98. The summed E-state index contributed by atoms with van der Waals surface area (Å²) in [6.45, 7) is 8.70. The summed E-state index contributed by atoms with van der Waals surface area (Å²) in [5.41, 5.74) is 2.70. The first-order valence-corrected chi connectivity index (χ1v) is 12.6. The van der Waals surface area contributed by atoms with Gasteiger partial charge in [0.15, 0.2) is 5.78 Å². The lowest BCUT2D eigenvalue weighted by atomic mass is 9.47. The number of aliphatic hydroxyl groups is 1. The Morgan fingerprint density at radius 1 is 1.19 bits per heavy atom. The van der Waals surface area contributed by atoms with E-state index in [4.69, 9.17) is 4.74 Å². The van der Waals surface area contributed by atoms with E-state index >= 15 is 0 Å². The summed E-state index contributed by atoms with van der Waals surface area (Å²) in [6.07, 6.45) is 13.6. The van der Waals surface area contributed by atoms with Crippen LogP contribution in [0.1, 0.15) is 72.6 Å². The Bertz CT molecular complexity index is 926. The molecule has 174 valence electrons. The van der Waals surface area contributed by atoms with Gasteiger partial charge in [-0.2, -0.15) is 0 Å². The summed E-state index contributed by atoms with van der Waals surface area (Å²) >= 11 is 0. The van der Waals surface area contributed by atoms with Crippen molar-refractivity contribution in [2.45, 2.75) is 78.7 Å². The molecule has 4 aliphatic carbocycles. The zero-order valence-corrected chi connectivity index (χ0v) is 20.0. The monoisotopic (exact) mass is 438 g/mol. The highest BCUT2D eigenvalue weighted by atomic mass is 16.5. The molecule has 0 radical (unpaired) electrons. The van der Waals surface area contributed by atoms with Crippen molar-refractivity contribution in [3.63, 3.8) is 0 Å². The summed E-state index contributed by atoms with van der Waals surface area (Å²) in [7, 11) is 0. The molecule has 0 amide bonds. The van der Waals surface area contributed by atoms with Crippen LogP contribution in [0.2, 0.25) is 0 Å². The molecule has 8 atom stereocenters. The van der Waals surface area contributed by atoms with E-state index in [0.29, 0.717) is 40.9 Å². The van der Waals surface area contributed by atoms with Crippen molar-refractivity contribution in [1.29, 1.82) is 0 Å². The Labute approximate surface area is 192 Å². The minimum absolute atomic E-state index is 0.100. The zero-order valence-electron chi connectivity index (χ0n) is 20.0. The number of ether oxygens (including phenoxy) is 1. The van der Waals surface area contributed by atoms with Crippen LogP contribution in [0.15, 0.2) is 34.9 Å². The van der Waals surface area contributed by atoms with E-state index in [9.17, 15) is 14.7 Å². The van der Waals surface area contributed by atoms with E-state index in [1.54, 1.807) is 0 Å². The summed E-state index contributed by atoms with van der Waals surface area (Å²) in [5.74, 6) is 2.46. The topological polar surface area (TPSA) is 63.6 Å². The zero-order chi connectivity index (χ0) is 22.8. The van der Waals surface area contributed by atoms with E-state index in [1.165, 1.54) is 18.4 Å². The van der Waals surface area contributed by atoms with Gasteiger partial charge < -0.3 is 9.84 Å². The van der Waals surface area contributed by atoms with Crippen LogP contribution in [0, 0.1) is 40.4 Å². The fourth-order valence-electron chi connectivity index (χ4n) is 8.67. The molecule has 1 heterocycles. The first-order valence-electron chi connectivity index (χ1n) is 12.6. The maximum Gasteiger partial charge on any atom is 0.336 e. The second-order valence-electron chi connectivity index (χ2n) is 11.7. The van der Waals surface area contributed by atoms with Gasteiger partial charge in [-0.25, -0.2) is 4.79 Å². The Morgan fingerprint density at radius 3 is 2.69 bits per heavy atom. The van der Waals surface area contributed by atoms with E-state index in [2.05, 4.69) is 26.8 Å². The van der Waals surface area contributed by atoms with Gasteiger partial charge in [0.1, 0.15) is 6.10 Å². The van der Waals surface area contributed by atoms with Crippen LogP contribution in [-0.4, -0.2) is 29.6 Å². The standard InChI is InChI=1S/C28H38O4/c1-16-14-24(32-26(31)20(16)15-29)17(2)21-10-11-22-19-9-8-18-6-5-7-25(30)28(18,4)23(19)12-13-27(21,22)3/h5,7-8,17,19,21-24,29H,6,9-15H2,1-4H3/t17-,19-,21+,22-,23-,24+,27+,28-/m0/s1. The minimum atomic E-state index is -0.335. The number of hydrogen-bond donors (Lipinski definition) is 1. The molecule has 1 aliphatic heterocycles. The molecule has 4 heteroatoms. The largest absolute Gasteiger partial charge is 0.458 e. The van der Waals surface area contributed by atoms with Gasteiger partial charge in [-0.1, -0.05) is 37.1 Å². The normalized spacial score (nSPS) is 44.4. The summed E-state index contributed by atoms with van der Waals surface area (Å²) in [6, 6.07) is 0. The molecule has 2 saturated carbocycles. The van der Waals surface area contributed by atoms with Gasteiger partial charge in [-0.15, -0.1) is 0 Å². The molecule has 5 rings (SSSR count). The Balaban J connectivity index is 1.39. The highest BCUT2D eigenvalue weighted by Crippen LogP contribution is 2.66. The maximum absolute atomic E-state index is 13.1. The van der Waals surface area contributed by atoms with Gasteiger partial charge in [-0.05, 0) is 93.5 Å². The van der Waals surface area contributed by atoms with Crippen molar-refractivity contribution < 1.29 is 19.4 Å². The molecule has 0 aromatic rings. The van der Waals surface area contributed by atoms with E-state index in [0.717, 1.165) is 37.7 Å². The summed E-state index contributed by atoms with van der Waals surface area (Å²) < 4.78 is 5.85. The van der Waals surface area contributed by atoms with Crippen LogP contribution in [0.5, 0.6) is 0 Å². The SMILES string of the molecule is CC1=C(CO)C(=O)O[C@@H]([C@@H](C)[C@H]2CC[C@H]3[C@@H]4CC=C5CC=CC(=O)[C@]5(C)[C@H]4CC[C@]23C)C1. The predicted molar refractivity (Wildman–Crippen MR) is 124 cm³/mol. The number of cyclic esters (lactones) is 1. The molecule has 0 bridgehead atoms. The van der Waals surface area contributed by atoms with Crippen LogP contribution < -0.4 is 0 Å². The lowest BCUT2D eigenvalue weighted by Gasteiger charge is -2.57. The van der Waals surface area contributed by atoms with Crippen molar-refractivity contribution in [1.82, 2.24) is 0 Å². The van der Waals surface area contributed by atoms with Gasteiger partial charge in [0, 0.05) is 6.42 Å². The van der Waals surface area contributed by atoms with E-state index < -0.39 is 0 Å². The van der Waals surface area contributed by atoms with Crippen molar-refractivity contribution >= 4 is 11.8 Å². The van der Waals surface area contributed by atoms with Crippen LogP contribution >= 0.6 is 0 Å². The predicted octanol–water partition coefficient (Wildman–Crippen LogP) is 5.17. The van der Waals surface area contributed by atoms with Crippen LogP contribution in [0.4, 0.5) is 0 Å². The first kappa shape index (κ1) is 22.1. The second-order valence-corrected chi connectivity index (χ2v) is 11.7. The summed E-state index contributed by atoms with van der Waals surface area (Å²) in [4.78, 5) is 25.5. The number of allylic oxidation sites excluding steroid dienone is 4. The average Bonchev–Trinajstić information content (AvgIpc) is 3.11. The molecular weight excluding hydrogens is 400 g/mol. The molecule has 32 heavy (non-hydrogen) atoms. The number of carbonyl (C=O) groups is 2. The number of hydrogen-bond acceptors (Lipinski definition) is 4. The fourth-order valence-corrected chi connectivity index (χ4v) is 8.67.